The maximum atomic E-state index is 8.94. The summed E-state index contributed by atoms with van der Waals surface area (Å²) < 4.78 is 5.07. The van der Waals surface area contributed by atoms with E-state index in [0.717, 1.165) is 0 Å². The van der Waals surface area contributed by atoms with E-state index in [1.165, 1.54) is 6.26 Å². The summed E-state index contributed by atoms with van der Waals surface area (Å²) in [5, 5.41) is 11.7. The van der Waals surface area contributed by atoms with Crippen LogP contribution in [0, 0.1) is 0 Å². The maximum Gasteiger partial charge on any atom is 0.228 e. The van der Waals surface area contributed by atoms with E-state index in [0.29, 0.717) is 17.0 Å². The third-order valence-electron chi connectivity index (χ3n) is 1.90. The number of aliphatic imine (C=N–C) groups is 1. The van der Waals surface area contributed by atoms with Crippen LogP contribution >= 0.6 is 0 Å². The van der Waals surface area contributed by atoms with Gasteiger partial charge in [0.15, 0.2) is 5.96 Å². The van der Waals surface area contributed by atoms with Crippen molar-refractivity contribution in [1.82, 2.24) is 5.32 Å². The van der Waals surface area contributed by atoms with Gasteiger partial charge in [-0.1, -0.05) is 0 Å². The topological polar surface area (TPSA) is 110 Å². The summed E-state index contributed by atoms with van der Waals surface area (Å²) in [6.07, 6.45) is 0.960. The zero-order valence-electron chi connectivity index (χ0n) is 6.82. The number of hydrogen-bond acceptors (Lipinski definition) is 6. The fraction of sp³-hybridized carbons (Fsp3) is 0.286. The molecule has 1 aliphatic heterocycles. The van der Waals surface area contributed by atoms with Gasteiger partial charge in [-0.2, -0.15) is 4.99 Å². The molecule has 0 aromatic carbocycles. The Kier molecular flexibility index (Phi) is 1.71. The fourth-order valence-corrected chi connectivity index (χ4v) is 1.31. The Morgan fingerprint density at radius 3 is 3.15 bits per heavy atom. The first-order valence-corrected chi connectivity index (χ1v) is 3.79. The van der Waals surface area contributed by atoms with Crippen LogP contribution < -0.4 is 16.8 Å². The third kappa shape index (κ3) is 1.16. The zero-order valence-corrected chi connectivity index (χ0v) is 6.82. The second-order valence-electron chi connectivity index (χ2n) is 2.76. The number of aliphatic hydroxyl groups is 1. The molecule has 13 heavy (non-hydrogen) atoms. The van der Waals surface area contributed by atoms with Crippen molar-refractivity contribution < 1.29 is 9.52 Å². The number of nitrogens with zero attached hydrogens (tertiary/aromatic N) is 1. The van der Waals surface area contributed by atoms with Crippen molar-refractivity contribution in [2.24, 2.45) is 16.5 Å². The highest BCUT2D eigenvalue weighted by atomic mass is 16.3. The van der Waals surface area contributed by atoms with Crippen molar-refractivity contribution >= 4 is 11.8 Å². The number of furan rings is 1. The van der Waals surface area contributed by atoms with Crippen LogP contribution in [0.1, 0.15) is 17.3 Å². The first-order valence-electron chi connectivity index (χ1n) is 3.79. The van der Waals surface area contributed by atoms with Crippen molar-refractivity contribution in [2.45, 2.75) is 12.8 Å². The number of hydrogen-bond donors (Lipinski definition) is 4. The SMILES string of the molecule is NC1=Nc2occ(CO)c2C(N)N1. The molecule has 1 aliphatic rings. The Hall–Kier alpha value is -1.53. The molecule has 1 unspecified atom stereocenters. The Morgan fingerprint density at radius 2 is 2.46 bits per heavy atom. The molecule has 70 valence electrons. The standard InChI is InChI=1S/C7H10N4O2/c8-5-4-3(1-12)2-13-6(4)11-7(9)10-5/h2,5,12H,1,8H2,(H3,9,10,11). The molecular weight excluding hydrogens is 172 g/mol. The predicted octanol–water partition coefficient (Wildman–Crippen LogP) is -0.721. The number of guanidine groups is 1. The van der Waals surface area contributed by atoms with Gasteiger partial charge in [0.25, 0.3) is 0 Å². The van der Waals surface area contributed by atoms with Gasteiger partial charge >= 0.3 is 0 Å². The maximum absolute atomic E-state index is 8.94. The molecule has 0 amide bonds. The van der Waals surface area contributed by atoms with Crippen molar-refractivity contribution in [3.8, 4) is 0 Å². The molecule has 0 saturated heterocycles. The Morgan fingerprint density at radius 1 is 1.69 bits per heavy atom. The lowest BCUT2D eigenvalue weighted by atomic mass is 10.1. The van der Waals surface area contributed by atoms with Crippen LogP contribution in [0.25, 0.3) is 0 Å². The summed E-state index contributed by atoms with van der Waals surface area (Å²) in [6, 6.07) is 0. The van der Waals surface area contributed by atoms with E-state index in [1.807, 2.05) is 0 Å². The summed E-state index contributed by atoms with van der Waals surface area (Å²) in [4.78, 5) is 3.89. The smallest absolute Gasteiger partial charge is 0.228 e. The van der Waals surface area contributed by atoms with E-state index in [4.69, 9.17) is 21.0 Å². The van der Waals surface area contributed by atoms with E-state index < -0.39 is 6.17 Å². The first-order chi connectivity index (χ1) is 6.22. The molecule has 1 aromatic rings. The average molecular weight is 182 g/mol. The van der Waals surface area contributed by atoms with Crippen LogP contribution in [0.5, 0.6) is 0 Å². The second kappa shape index (κ2) is 2.75. The molecule has 1 aromatic heterocycles. The number of fused-ring (bicyclic) bond motifs is 1. The largest absolute Gasteiger partial charge is 0.446 e. The van der Waals surface area contributed by atoms with E-state index in [9.17, 15) is 0 Å². The first kappa shape index (κ1) is 8.09. The van der Waals surface area contributed by atoms with E-state index >= 15 is 0 Å². The van der Waals surface area contributed by atoms with Crippen LogP contribution in [0.15, 0.2) is 15.7 Å². The number of nitrogens with two attached hydrogens (primary N) is 2. The van der Waals surface area contributed by atoms with Crippen molar-refractivity contribution in [2.75, 3.05) is 0 Å². The Balaban J connectivity index is 2.52. The highest BCUT2D eigenvalue weighted by molar-refractivity contribution is 5.83. The van der Waals surface area contributed by atoms with Gasteiger partial charge in [-0.3, -0.25) is 0 Å². The van der Waals surface area contributed by atoms with Crippen molar-refractivity contribution in [1.29, 1.82) is 0 Å². The van der Waals surface area contributed by atoms with Gasteiger partial charge in [-0.05, 0) is 0 Å². The summed E-state index contributed by atoms with van der Waals surface area (Å²) in [6.45, 7) is -0.121. The van der Waals surface area contributed by atoms with Crippen molar-refractivity contribution in [3.63, 3.8) is 0 Å². The molecule has 0 saturated carbocycles. The fourth-order valence-electron chi connectivity index (χ4n) is 1.31. The van der Waals surface area contributed by atoms with Gasteiger partial charge < -0.3 is 26.3 Å². The molecule has 6 nitrogen and oxygen atoms in total. The molecule has 0 bridgehead atoms. The molecule has 6 N–H and O–H groups in total. The summed E-state index contributed by atoms with van der Waals surface area (Å²) in [5.41, 5.74) is 12.4. The van der Waals surface area contributed by atoms with Gasteiger partial charge in [0, 0.05) is 5.56 Å². The highest BCUT2D eigenvalue weighted by Gasteiger charge is 2.23. The van der Waals surface area contributed by atoms with Crippen LogP contribution in [0.4, 0.5) is 5.88 Å². The molecule has 2 rings (SSSR count). The quantitative estimate of drug-likeness (QED) is 0.458. The van der Waals surface area contributed by atoms with Gasteiger partial charge in [0.2, 0.25) is 5.88 Å². The molecule has 1 atom stereocenters. The summed E-state index contributed by atoms with van der Waals surface area (Å²) >= 11 is 0. The third-order valence-corrected chi connectivity index (χ3v) is 1.90. The summed E-state index contributed by atoms with van der Waals surface area (Å²) in [7, 11) is 0. The van der Waals surface area contributed by atoms with E-state index in [-0.39, 0.29) is 12.6 Å². The molecule has 2 heterocycles. The number of rotatable bonds is 1. The van der Waals surface area contributed by atoms with Gasteiger partial charge in [0.05, 0.1) is 18.4 Å². The van der Waals surface area contributed by atoms with E-state index in [2.05, 4.69) is 10.3 Å². The van der Waals surface area contributed by atoms with Crippen LogP contribution in [0.2, 0.25) is 0 Å². The van der Waals surface area contributed by atoms with E-state index in [1.54, 1.807) is 0 Å². The zero-order chi connectivity index (χ0) is 9.42. The molecule has 0 spiro atoms. The van der Waals surface area contributed by atoms with Crippen LogP contribution in [-0.4, -0.2) is 11.1 Å². The predicted molar refractivity (Wildman–Crippen MR) is 46.0 cm³/mol. The second-order valence-corrected chi connectivity index (χ2v) is 2.76. The average Bonchev–Trinajstić information content (AvgIpc) is 2.47. The number of aliphatic hydroxyl groups excluding tert-OH is 1. The Labute approximate surface area is 74.2 Å². The summed E-state index contributed by atoms with van der Waals surface area (Å²) in [5.74, 6) is 0.589. The monoisotopic (exact) mass is 182 g/mol. The van der Waals surface area contributed by atoms with Gasteiger partial charge in [-0.15, -0.1) is 0 Å². The molecular formula is C7H10N4O2. The normalized spacial score (nSPS) is 20.5. The highest BCUT2D eigenvalue weighted by Crippen LogP contribution is 2.31. The molecule has 0 fully saturated rings. The lowest BCUT2D eigenvalue weighted by Gasteiger charge is -2.18. The lowest BCUT2D eigenvalue weighted by molar-refractivity contribution is 0.279. The molecule has 0 radical (unpaired) electrons. The minimum absolute atomic E-state index is 0.121. The molecule has 0 aliphatic carbocycles. The van der Waals surface area contributed by atoms with Gasteiger partial charge in [0.1, 0.15) is 6.17 Å². The number of nitrogens with one attached hydrogen (secondary N) is 1. The van der Waals surface area contributed by atoms with Crippen LogP contribution in [-0.2, 0) is 6.61 Å². The minimum Gasteiger partial charge on any atom is -0.446 e. The van der Waals surface area contributed by atoms with Crippen LogP contribution in [0.3, 0.4) is 0 Å². The van der Waals surface area contributed by atoms with Gasteiger partial charge in [-0.25, -0.2) is 0 Å². The molecule has 6 heteroatoms. The lowest BCUT2D eigenvalue weighted by Crippen LogP contribution is -2.41. The minimum atomic E-state index is -0.464. The van der Waals surface area contributed by atoms with Crippen molar-refractivity contribution in [3.05, 3.63) is 17.4 Å². The Bertz CT molecular complexity index is 357.